The number of rotatable bonds is 6. The number of carbonyl (C=O) groups is 1. The lowest BCUT2D eigenvalue weighted by molar-refractivity contribution is 0.0935. The van der Waals surface area contributed by atoms with Crippen LogP contribution in [0.15, 0.2) is 41.0 Å². The van der Waals surface area contributed by atoms with E-state index in [1.54, 1.807) is 12.1 Å². The summed E-state index contributed by atoms with van der Waals surface area (Å²) in [4.78, 5) is 11.9. The van der Waals surface area contributed by atoms with Crippen LogP contribution in [0.1, 0.15) is 16.1 Å². The molecule has 0 fully saturated rings. The van der Waals surface area contributed by atoms with Gasteiger partial charge in [0.15, 0.2) is 0 Å². The average molecular weight is 293 g/mol. The summed E-state index contributed by atoms with van der Waals surface area (Å²) in [5, 5.41) is 21.0. The van der Waals surface area contributed by atoms with E-state index in [2.05, 4.69) is 5.32 Å². The summed E-state index contributed by atoms with van der Waals surface area (Å²) < 4.78 is 18.7. The number of phenols is 1. The van der Waals surface area contributed by atoms with Gasteiger partial charge in [-0.2, -0.15) is 0 Å². The van der Waals surface area contributed by atoms with Crippen molar-refractivity contribution >= 4 is 5.91 Å². The predicted octanol–water partition coefficient (Wildman–Crippen LogP) is 1.71. The van der Waals surface area contributed by atoms with E-state index in [0.717, 1.165) is 6.07 Å². The first-order valence-electron chi connectivity index (χ1n) is 6.50. The number of nitrogens with one attached hydrogen (secondary N) is 1. The molecule has 1 aromatic carbocycles. The monoisotopic (exact) mass is 293 g/mol. The Labute approximate surface area is 121 Å². The van der Waals surface area contributed by atoms with Crippen LogP contribution in [-0.4, -0.2) is 29.3 Å². The maximum absolute atomic E-state index is 13.5. The third-order valence-electron chi connectivity index (χ3n) is 3.08. The number of benzene rings is 1. The number of aliphatic hydroxyl groups is 1. The molecule has 1 unspecified atom stereocenters. The third kappa shape index (κ3) is 4.06. The number of carbonyl (C=O) groups excluding carboxylic acids is 1. The number of hydrogen-bond donors (Lipinski definition) is 3. The smallest absolute Gasteiger partial charge is 0.254 e. The lowest BCUT2D eigenvalue weighted by Gasteiger charge is -2.14. The molecule has 1 aromatic heterocycles. The predicted molar refractivity (Wildman–Crippen MR) is 73.4 cm³/mol. The largest absolute Gasteiger partial charge is 0.508 e. The molecule has 1 heterocycles. The molecule has 0 radical (unpaired) electrons. The molecule has 0 bridgehead atoms. The van der Waals surface area contributed by atoms with E-state index in [1.807, 2.05) is 0 Å². The van der Waals surface area contributed by atoms with Gasteiger partial charge in [0.1, 0.15) is 17.3 Å². The minimum Gasteiger partial charge on any atom is -0.508 e. The highest BCUT2D eigenvalue weighted by molar-refractivity contribution is 5.94. The number of phenolic OH excluding ortho intramolecular Hbond substituents is 1. The Morgan fingerprint density at radius 1 is 1.38 bits per heavy atom. The number of amides is 1. The molecule has 1 atom stereocenters. The summed E-state index contributed by atoms with van der Waals surface area (Å²) in [5.74, 6) is -1.14. The fourth-order valence-electron chi connectivity index (χ4n) is 1.93. The van der Waals surface area contributed by atoms with Crippen molar-refractivity contribution in [3.05, 3.63) is 53.7 Å². The van der Waals surface area contributed by atoms with E-state index in [0.29, 0.717) is 12.2 Å². The van der Waals surface area contributed by atoms with Crippen molar-refractivity contribution in [2.45, 2.75) is 6.42 Å². The lowest BCUT2D eigenvalue weighted by atomic mass is 10.0. The number of hydrogen-bond acceptors (Lipinski definition) is 4. The topological polar surface area (TPSA) is 82.7 Å². The van der Waals surface area contributed by atoms with Crippen molar-refractivity contribution < 1.29 is 23.8 Å². The third-order valence-corrected chi connectivity index (χ3v) is 3.08. The van der Waals surface area contributed by atoms with E-state index in [4.69, 9.17) is 9.52 Å². The molecule has 0 aliphatic carbocycles. The molecular weight excluding hydrogens is 277 g/mol. The zero-order chi connectivity index (χ0) is 15.2. The molecule has 5 nitrogen and oxygen atoms in total. The van der Waals surface area contributed by atoms with Gasteiger partial charge in [0.05, 0.1) is 11.8 Å². The highest BCUT2D eigenvalue weighted by Crippen LogP contribution is 2.15. The number of halogens is 1. The molecular formula is C15H16FNO4. The van der Waals surface area contributed by atoms with Gasteiger partial charge in [-0.05, 0) is 24.3 Å². The molecule has 1 amide bonds. The summed E-state index contributed by atoms with van der Waals surface area (Å²) in [5.41, 5.74) is -0.150. The molecule has 0 saturated heterocycles. The first kappa shape index (κ1) is 15.1. The normalized spacial score (nSPS) is 12.1. The van der Waals surface area contributed by atoms with Gasteiger partial charge in [0.2, 0.25) is 0 Å². The van der Waals surface area contributed by atoms with Crippen molar-refractivity contribution in [2.24, 2.45) is 5.92 Å². The molecule has 0 spiro atoms. The highest BCUT2D eigenvalue weighted by atomic mass is 19.1. The quantitative estimate of drug-likeness (QED) is 0.757. The second-order valence-electron chi connectivity index (χ2n) is 4.71. The standard InChI is InChI=1S/C15H16FNO4/c16-14-7-11(19)3-4-13(14)15(20)17-8-10(9-18)6-12-2-1-5-21-12/h1-5,7,10,18-19H,6,8-9H2,(H,17,20). The van der Waals surface area contributed by atoms with Crippen LogP contribution < -0.4 is 5.32 Å². The average Bonchev–Trinajstić information content (AvgIpc) is 2.96. The molecule has 6 heteroatoms. The van der Waals surface area contributed by atoms with Crippen molar-refractivity contribution in [3.63, 3.8) is 0 Å². The van der Waals surface area contributed by atoms with Gasteiger partial charge in [-0.1, -0.05) is 0 Å². The van der Waals surface area contributed by atoms with E-state index < -0.39 is 11.7 Å². The minimum absolute atomic E-state index is 0.126. The molecule has 0 saturated carbocycles. The van der Waals surface area contributed by atoms with Crippen LogP contribution in [0.4, 0.5) is 4.39 Å². The van der Waals surface area contributed by atoms with Crippen molar-refractivity contribution in [2.75, 3.05) is 13.2 Å². The van der Waals surface area contributed by atoms with E-state index in [1.165, 1.54) is 18.4 Å². The second-order valence-corrected chi connectivity index (χ2v) is 4.71. The van der Waals surface area contributed by atoms with Gasteiger partial charge in [-0.3, -0.25) is 4.79 Å². The van der Waals surface area contributed by atoms with Crippen LogP contribution in [0, 0.1) is 11.7 Å². The molecule has 2 rings (SSSR count). The van der Waals surface area contributed by atoms with E-state index >= 15 is 0 Å². The molecule has 0 aliphatic heterocycles. The summed E-state index contributed by atoms with van der Waals surface area (Å²) in [6.07, 6.45) is 2.01. The van der Waals surface area contributed by atoms with Crippen LogP contribution in [0.5, 0.6) is 5.75 Å². The van der Waals surface area contributed by atoms with Crippen molar-refractivity contribution in [1.82, 2.24) is 5.32 Å². The fourth-order valence-corrected chi connectivity index (χ4v) is 1.93. The van der Waals surface area contributed by atoms with Crippen LogP contribution in [0.3, 0.4) is 0 Å². The Balaban J connectivity index is 1.92. The Hall–Kier alpha value is -2.34. The Morgan fingerprint density at radius 3 is 2.81 bits per heavy atom. The van der Waals surface area contributed by atoms with Crippen LogP contribution in [0.25, 0.3) is 0 Å². The van der Waals surface area contributed by atoms with Gasteiger partial charge < -0.3 is 19.9 Å². The van der Waals surface area contributed by atoms with Gasteiger partial charge in [0, 0.05) is 31.6 Å². The summed E-state index contributed by atoms with van der Waals surface area (Å²) in [6, 6.07) is 6.85. The van der Waals surface area contributed by atoms with Crippen LogP contribution in [0.2, 0.25) is 0 Å². The minimum atomic E-state index is -0.793. The molecule has 21 heavy (non-hydrogen) atoms. The SMILES string of the molecule is O=C(NCC(CO)Cc1ccco1)c1ccc(O)cc1F. The van der Waals surface area contributed by atoms with Gasteiger partial charge in [-0.15, -0.1) is 0 Å². The first-order valence-corrected chi connectivity index (χ1v) is 6.50. The zero-order valence-corrected chi connectivity index (χ0v) is 11.3. The number of aliphatic hydroxyl groups excluding tert-OH is 1. The van der Waals surface area contributed by atoms with Crippen molar-refractivity contribution in [3.8, 4) is 5.75 Å². The maximum Gasteiger partial charge on any atom is 0.254 e. The molecule has 3 N–H and O–H groups in total. The van der Waals surface area contributed by atoms with Gasteiger partial charge in [-0.25, -0.2) is 4.39 Å². The second kappa shape index (κ2) is 6.90. The van der Waals surface area contributed by atoms with Crippen LogP contribution >= 0.6 is 0 Å². The Kier molecular flexibility index (Phi) is 4.94. The van der Waals surface area contributed by atoms with Gasteiger partial charge in [0.25, 0.3) is 5.91 Å². The molecule has 2 aromatic rings. The van der Waals surface area contributed by atoms with E-state index in [9.17, 15) is 14.3 Å². The van der Waals surface area contributed by atoms with Gasteiger partial charge >= 0.3 is 0 Å². The molecule has 112 valence electrons. The lowest BCUT2D eigenvalue weighted by Crippen LogP contribution is -2.32. The molecule has 0 aliphatic rings. The van der Waals surface area contributed by atoms with Crippen molar-refractivity contribution in [1.29, 1.82) is 0 Å². The van der Waals surface area contributed by atoms with E-state index in [-0.39, 0.29) is 30.4 Å². The van der Waals surface area contributed by atoms with Crippen LogP contribution in [-0.2, 0) is 6.42 Å². The first-order chi connectivity index (χ1) is 10.1. The Morgan fingerprint density at radius 2 is 2.19 bits per heavy atom. The number of furan rings is 1. The number of aromatic hydroxyl groups is 1. The summed E-state index contributed by atoms with van der Waals surface area (Å²) >= 11 is 0. The zero-order valence-electron chi connectivity index (χ0n) is 11.3. The maximum atomic E-state index is 13.5. The summed E-state index contributed by atoms with van der Waals surface area (Å²) in [6.45, 7) is 0.0649. The highest BCUT2D eigenvalue weighted by Gasteiger charge is 2.15. The fraction of sp³-hybridized carbons (Fsp3) is 0.267. The Bertz CT molecular complexity index is 598. The summed E-state index contributed by atoms with van der Waals surface area (Å²) in [7, 11) is 0.